The van der Waals surface area contributed by atoms with Crippen molar-refractivity contribution in [2.45, 2.75) is 24.9 Å². The Morgan fingerprint density at radius 1 is 1.31 bits per heavy atom. The van der Waals surface area contributed by atoms with Crippen LogP contribution in [0.25, 0.3) is 0 Å². The van der Waals surface area contributed by atoms with Crippen molar-refractivity contribution in [3.8, 4) is 5.75 Å². The van der Waals surface area contributed by atoms with Gasteiger partial charge in [-0.1, -0.05) is 12.1 Å². The van der Waals surface area contributed by atoms with Gasteiger partial charge >= 0.3 is 0 Å². The second kappa shape index (κ2) is 4.44. The van der Waals surface area contributed by atoms with Gasteiger partial charge in [-0.05, 0) is 36.5 Å². The number of phenolic OH excluding ortho intramolecular Hbond substituents is 1. The van der Waals surface area contributed by atoms with Gasteiger partial charge in [0, 0.05) is 13.5 Å². The summed E-state index contributed by atoms with van der Waals surface area (Å²) in [4.78, 5) is 0. The number of hydrogen-bond acceptors (Lipinski definition) is 3. The van der Waals surface area contributed by atoms with Crippen molar-refractivity contribution in [3.63, 3.8) is 0 Å². The molecule has 1 aromatic rings. The normalized spacial score (nSPS) is 19.4. The maximum Gasteiger partial charge on any atom is 0.115 e. The number of aromatic hydroxyl groups is 1. The molecule has 88 valence electrons. The minimum atomic E-state index is -0.744. The van der Waals surface area contributed by atoms with Crippen LogP contribution < -0.4 is 0 Å². The first-order valence-corrected chi connectivity index (χ1v) is 5.63. The molecule has 1 aliphatic carbocycles. The van der Waals surface area contributed by atoms with E-state index in [-0.39, 0.29) is 5.75 Å². The molecule has 2 rings (SSSR count). The number of benzene rings is 1. The van der Waals surface area contributed by atoms with Crippen LogP contribution in [-0.4, -0.2) is 29.5 Å². The van der Waals surface area contributed by atoms with Crippen LogP contribution in [0.5, 0.6) is 5.75 Å². The van der Waals surface area contributed by atoms with Gasteiger partial charge in [0.1, 0.15) is 5.75 Å². The predicted octanol–water partition coefficient (Wildman–Crippen LogP) is 1.72. The highest BCUT2D eigenvalue weighted by Gasteiger charge is 2.43. The molecule has 1 atom stereocenters. The van der Waals surface area contributed by atoms with Gasteiger partial charge in [-0.15, -0.1) is 0 Å². The summed E-state index contributed by atoms with van der Waals surface area (Å²) in [5, 5.41) is 19.7. The smallest absolute Gasteiger partial charge is 0.115 e. The van der Waals surface area contributed by atoms with Gasteiger partial charge in [0.25, 0.3) is 0 Å². The molecule has 0 spiro atoms. The van der Waals surface area contributed by atoms with Crippen molar-refractivity contribution in [2.75, 3.05) is 13.7 Å². The summed E-state index contributed by atoms with van der Waals surface area (Å²) in [6.07, 6.45) is 2.75. The topological polar surface area (TPSA) is 49.7 Å². The summed E-state index contributed by atoms with van der Waals surface area (Å²) in [7, 11) is 1.62. The van der Waals surface area contributed by atoms with E-state index in [0.29, 0.717) is 18.9 Å². The van der Waals surface area contributed by atoms with Crippen LogP contribution in [0.2, 0.25) is 0 Å². The molecule has 1 aliphatic rings. The van der Waals surface area contributed by atoms with Crippen molar-refractivity contribution in [1.82, 2.24) is 0 Å². The zero-order chi connectivity index (χ0) is 11.6. The van der Waals surface area contributed by atoms with Crippen molar-refractivity contribution in [2.24, 2.45) is 5.92 Å². The van der Waals surface area contributed by atoms with E-state index < -0.39 is 5.60 Å². The molecule has 3 nitrogen and oxygen atoms in total. The molecule has 1 unspecified atom stereocenters. The highest BCUT2D eigenvalue weighted by molar-refractivity contribution is 5.27. The number of methoxy groups -OCH3 is 1. The van der Waals surface area contributed by atoms with Crippen molar-refractivity contribution >= 4 is 0 Å². The number of ether oxygens (including phenoxy) is 1. The quantitative estimate of drug-likeness (QED) is 0.797. The Morgan fingerprint density at radius 2 is 1.94 bits per heavy atom. The Bertz CT molecular complexity index is 343. The fourth-order valence-corrected chi connectivity index (χ4v) is 2.15. The summed E-state index contributed by atoms with van der Waals surface area (Å²) in [5.41, 5.74) is 0.287. The molecular weight excluding hydrogens is 204 g/mol. The van der Waals surface area contributed by atoms with E-state index >= 15 is 0 Å². The molecule has 0 radical (unpaired) electrons. The molecule has 0 saturated heterocycles. The van der Waals surface area contributed by atoms with Crippen LogP contribution in [0.4, 0.5) is 0 Å². The fraction of sp³-hybridized carbons (Fsp3) is 0.538. The van der Waals surface area contributed by atoms with E-state index in [1.54, 1.807) is 19.2 Å². The molecule has 0 amide bonds. The summed E-state index contributed by atoms with van der Waals surface area (Å²) in [6, 6.07) is 6.99. The van der Waals surface area contributed by atoms with E-state index in [0.717, 1.165) is 18.4 Å². The Balaban J connectivity index is 2.07. The molecule has 16 heavy (non-hydrogen) atoms. The maximum absolute atomic E-state index is 10.5. The van der Waals surface area contributed by atoms with Crippen molar-refractivity contribution in [1.29, 1.82) is 0 Å². The van der Waals surface area contributed by atoms with Gasteiger partial charge in [-0.3, -0.25) is 0 Å². The standard InChI is InChI=1S/C13H18O3/c1-16-9-13(15,11-4-5-11)8-10-2-6-12(14)7-3-10/h2-3,6-7,11,14-15H,4-5,8-9H2,1H3. The third kappa shape index (κ3) is 2.54. The SMILES string of the molecule is COCC(O)(Cc1ccc(O)cc1)C1CC1. The third-order valence-electron chi connectivity index (χ3n) is 3.18. The average molecular weight is 222 g/mol. The summed E-state index contributed by atoms with van der Waals surface area (Å²) in [5.74, 6) is 0.617. The van der Waals surface area contributed by atoms with Gasteiger partial charge in [-0.25, -0.2) is 0 Å². The minimum absolute atomic E-state index is 0.255. The van der Waals surface area contributed by atoms with E-state index in [4.69, 9.17) is 4.74 Å². The van der Waals surface area contributed by atoms with Crippen molar-refractivity contribution in [3.05, 3.63) is 29.8 Å². The highest BCUT2D eigenvalue weighted by Crippen LogP contribution is 2.41. The van der Waals surface area contributed by atoms with Crippen molar-refractivity contribution < 1.29 is 14.9 Å². The Morgan fingerprint density at radius 3 is 2.44 bits per heavy atom. The summed E-state index contributed by atoms with van der Waals surface area (Å²) >= 11 is 0. The lowest BCUT2D eigenvalue weighted by molar-refractivity contribution is -0.0474. The maximum atomic E-state index is 10.5. The van der Waals surface area contributed by atoms with Crippen LogP contribution in [0.15, 0.2) is 24.3 Å². The first-order chi connectivity index (χ1) is 7.64. The average Bonchev–Trinajstić information content (AvgIpc) is 3.05. The molecule has 0 bridgehead atoms. The van der Waals surface area contributed by atoms with E-state index in [2.05, 4.69) is 0 Å². The van der Waals surface area contributed by atoms with Gasteiger partial charge in [0.05, 0.1) is 12.2 Å². The van der Waals surface area contributed by atoms with E-state index in [1.165, 1.54) is 0 Å². The number of hydrogen-bond donors (Lipinski definition) is 2. The van der Waals surface area contributed by atoms with Crippen LogP contribution in [0, 0.1) is 5.92 Å². The first-order valence-electron chi connectivity index (χ1n) is 5.63. The lowest BCUT2D eigenvalue weighted by Gasteiger charge is -2.27. The van der Waals surface area contributed by atoms with Crippen LogP contribution in [-0.2, 0) is 11.2 Å². The predicted molar refractivity (Wildman–Crippen MR) is 61.4 cm³/mol. The van der Waals surface area contributed by atoms with Gasteiger partial charge in [-0.2, -0.15) is 0 Å². The molecule has 0 aromatic heterocycles. The monoisotopic (exact) mass is 222 g/mol. The molecule has 0 aliphatic heterocycles. The molecule has 2 N–H and O–H groups in total. The molecular formula is C13H18O3. The second-order valence-electron chi connectivity index (χ2n) is 4.65. The largest absolute Gasteiger partial charge is 0.508 e. The Labute approximate surface area is 95.7 Å². The fourth-order valence-electron chi connectivity index (χ4n) is 2.15. The zero-order valence-electron chi connectivity index (χ0n) is 9.52. The molecule has 3 heteroatoms. The zero-order valence-corrected chi connectivity index (χ0v) is 9.52. The second-order valence-corrected chi connectivity index (χ2v) is 4.65. The van der Waals surface area contributed by atoms with Crippen LogP contribution >= 0.6 is 0 Å². The van der Waals surface area contributed by atoms with Crippen LogP contribution in [0.1, 0.15) is 18.4 Å². The number of aliphatic hydroxyl groups is 1. The summed E-state index contributed by atoms with van der Waals surface area (Å²) < 4.78 is 5.10. The third-order valence-corrected chi connectivity index (χ3v) is 3.18. The van der Waals surface area contributed by atoms with E-state index in [1.807, 2.05) is 12.1 Å². The van der Waals surface area contributed by atoms with E-state index in [9.17, 15) is 10.2 Å². The Hall–Kier alpha value is -1.06. The number of rotatable bonds is 5. The Kier molecular flexibility index (Phi) is 3.17. The minimum Gasteiger partial charge on any atom is -0.508 e. The van der Waals surface area contributed by atoms with Gasteiger partial charge in [0.2, 0.25) is 0 Å². The molecule has 1 saturated carbocycles. The van der Waals surface area contributed by atoms with Gasteiger partial charge in [0.15, 0.2) is 0 Å². The first kappa shape index (κ1) is 11.4. The van der Waals surface area contributed by atoms with Gasteiger partial charge < -0.3 is 14.9 Å². The van der Waals surface area contributed by atoms with Crippen LogP contribution in [0.3, 0.4) is 0 Å². The molecule has 0 heterocycles. The lowest BCUT2D eigenvalue weighted by Crippen LogP contribution is -2.39. The highest BCUT2D eigenvalue weighted by atomic mass is 16.5. The molecule has 1 fully saturated rings. The lowest BCUT2D eigenvalue weighted by atomic mass is 9.90. The summed E-state index contributed by atoms with van der Waals surface area (Å²) in [6.45, 7) is 0.374. The number of phenols is 1. The molecule has 1 aromatic carbocycles.